The van der Waals surface area contributed by atoms with Crippen LogP contribution in [0.3, 0.4) is 0 Å². The molecule has 0 spiro atoms. The third-order valence-corrected chi connectivity index (χ3v) is 0. The Kier molecular flexibility index (Phi) is 2.25. The smallest absolute Gasteiger partial charge is 0.0679 e. The fourth-order valence-corrected chi connectivity index (χ4v) is 0. The Balaban J connectivity index is 2.32. The predicted molar refractivity (Wildman–Crippen MR) is 17.7 cm³/mol. The van der Waals surface area contributed by atoms with Crippen molar-refractivity contribution in [3.05, 3.63) is 0 Å². The first-order valence-electron chi connectivity index (χ1n) is 0.507. The fourth-order valence-electron chi connectivity index (χ4n) is 0. The summed E-state index contributed by atoms with van der Waals surface area (Å²) in [7, 11) is 0. The largest absolute Gasteiger partial charge is 0.105 e. The zero-order chi connectivity index (χ0) is 3.58. The minimum absolute atomic E-state index is 0.215. The van der Waals surface area contributed by atoms with Crippen LogP contribution in [0.1, 0.15) is 0 Å². The SMILES string of the molecule is FN(Cl)Br. The van der Waals surface area contributed by atoms with E-state index in [1.807, 2.05) is 0 Å². The standard InChI is InChI=1S/BrClFN/c1-4(2)3. The van der Waals surface area contributed by atoms with Gasteiger partial charge < -0.3 is 0 Å². The van der Waals surface area contributed by atoms with Crippen molar-refractivity contribution in [2.75, 3.05) is 0 Å². The van der Waals surface area contributed by atoms with E-state index >= 15 is 0 Å². The molecule has 0 bridgehead atoms. The van der Waals surface area contributed by atoms with E-state index in [0.717, 1.165) is 0 Å². The Morgan fingerprint density at radius 1 is 2.00 bits per heavy atom. The van der Waals surface area contributed by atoms with Gasteiger partial charge in [-0.3, -0.25) is 0 Å². The van der Waals surface area contributed by atoms with Crippen LogP contribution in [-0.4, -0.2) is 3.67 Å². The molecule has 0 aliphatic heterocycles. The number of hydrogen-bond donors (Lipinski definition) is 0. The first kappa shape index (κ1) is 4.66. The molecule has 4 heteroatoms. The molecule has 1 nitrogen and oxygen atoms in total. The number of hydrogen-bond acceptors (Lipinski definition) is 1. The van der Waals surface area contributed by atoms with E-state index in [2.05, 4.69) is 27.9 Å². The number of rotatable bonds is 0. The molecule has 0 rings (SSSR count). The molecule has 0 amide bonds. The Bertz CT molecular complexity index is 12.8. The van der Waals surface area contributed by atoms with E-state index in [0.29, 0.717) is 0 Å². The summed E-state index contributed by atoms with van der Waals surface area (Å²) in [5.41, 5.74) is 0. The van der Waals surface area contributed by atoms with Gasteiger partial charge >= 0.3 is 0 Å². The van der Waals surface area contributed by atoms with E-state index in [9.17, 15) is 4.48 Å². The zero-order valence-corrected chi connectivity index (χ0v) is 3.92. The molecule has 0 aromatic rings. The first-order valence-corrected chi connectivity index (χ1v) is 1.55. The van der Waals surface area contributed by atoms with Crippen molar-refractivity contribution in [2.45, 2.75) is 0 Å². The molecule has 26 valence electrons. The monoisotopic (exact) mass is 147 g/mol. The van der Waals surface area contributed by atoms with Crippen LogP contribution in [0.5, 0.6) is 0 Å². The molecule has 0 atom stereocenters. The fraction of sp³-hybridized carbons (Fsp3) is 0. The van der Waals surface area contributed by atoms with Crippen molar-refractivity contribution in [3.63, 3.8) is 0 Å². The maximum atomic E-state index is 10.5. The number of nitrogens with zero attached hydrogens (tertiary/aromatic N) is 1. The summed E-state index contributed by atoms with van der Waals surface area (Å²) in [6.45, 7) is 0. The Hall–Kier alpha value is 0.660. The van der Waals surface area contributed by atoms with Crippen LogP contribution in [0.15, 0.2) is 0 Å². The third kappa shape index (κ3) is 16.8. The molecule has 4 heavy (non-hydrogen) atoms. The highest BCUT2D eigenvalue weighted by Crippen LogP contribution is 1.98. The second-order valence-electron chi connectivity index (χ2n) is 0.192. The van der Waals surface area contributed by atoms with Crippen LogP contribution in [0.4, 0.5) is 4.48 Å². The summed E-state index contributed by atoms with van der Waals surface area (Å²) in [4.78, 5) is 0. The lowest BCUT2D eigenvalue weighted by Gasteiger charge is -1.73. The highest BCUT2D eigenvalue weighted by atomic mass is 79.9. The van der Waals surface area contributed by atoms with Gasteiger partial charge in [-0.2, -0.15) is 0 Å². The highest BCUT2D eigenvalue weighted by molar-refractivity contribution is 9.07. The van der Waals surface area contributed by atoms with Crippen LogP contribution in [0.2, 0.25) is 0 Å². The summed E-state index contributed by atoms with van der Waals surface area (Å²) in [5, 5.41) is 0. The molecular weight excluding hydrogens is 148 g/mol. The van der Waals surface area contributed by atoms with Gasteiger partial charge in [0.25, 0.3) is 0 Å². The average molecular weight is 148 g/mol. The second-order valence-corrected chi connectivity index (χ2v) is 1.52. The van der Waals surface area contributed by atoms with Crippen LogP contribution in [-0.2, 0) is 0 Å². The van der Waals surface area contributed by atoms with E-state index in [1.54, 1.807) is 0 Å². The third-order valence-electron chi connectivity index (χ3n) is 0. The summed E-state index contributed by atoms with van der Waals surface area (Å²) < 4.78 is 10.3. The summed E-state index contributed by atoms with van der Waals surface area (Å²) in [6.07, 6.45) is 0. The maximum Gasteiger partial charge on any atom is 0.0679 e. The van der Waals surface area contributed by atoms with Gasteiger partial charge in [0.15, 0.2) is 0 Å². The van der Waals surface area contributed by atoms with Crippen molar-refractivity contribution in [1.82, 2.24) is 3.67 Å². The normalized spacial score (nSPS) is 9.00. The molecule has 0 radical (unpaired) electrons. The lowest BCUT2D eigenvalue weighted by atomic mass is 13.8. The zero-order valence-electron chi connectivity index (χ0n) is 1.58. The minimum Gasteiger partial charge on any atom is -0.105 e. The van der Waals surface area contributed by atoms with Gasteiger partial charge in [0.1, 0.15) is 0 Å². The molecule has 0 aromatic heterocycles. The van der Waals surface area contributed by atoms with Gasteiger partial charge in [-0.05, 0) is 0 Å². The molecule has 0 aliphatic rings. The molecule has 0 N–H and O–H groups in total. The summed E-state index contributed by atoms with van der Waals surface area (Å²) >= 11 is 6.56. The van der Waals surface area contributed by atoms with Crippen molar-refractivity contribution in [3.8, 4) is 0 Å². The van der Waals surface area contributed by atoms with Crippen molar-refractivity contribution >= 4 is 27.9 Å². The summed E-state index contributed by atoms with van der Waals surface area (Å²) in [6, 6.07) is 0. The quantitative estimate of drug-likeness (QED) is 0.472. The van der Waals surface area contributed by atoms with E-state index in [-0.39, 0.29) is 3.67 Å². The number of halogens is 3. The Morgan fingerprint density at radius 2 is 2.00 bits per heavy atom. The molecule has 0 aliphatic carbocycles. The topological polar surface area (TPSA) is 3.24 Å². The van der Waals surface area contributed by atoms with E-state index in [1.165, 1.54) is 0 Å². The lowest BCUT2D eigenvalue weighted by molar-refractivity contribution is 0.302. The summed E-state index contributed by atoms with van der Waals surface area (Å²) in [5.74, 6) is 0. The van der Waals surface area contributed by atoms with Crippen LogP contribution in [0, 0.1) is 0 Å². The van der Waals surface area contributed by atoms with Crippen molar-refractivity contribution in [1.29, 1.82) is 0 Å². The van der Waals surface area contributed by atoms with Gasteiger partial charge in [-0.1, -0.05) is 0 Å². The first-order chi connectivity index (χ1) is 1.73. The average Bonchev–Trinajstić information content (AvgIpc) is 0.811. The van der Waals surface area contributed by atoms with Gasteiger partial charge in [-0.25, -0.2) is 0 Å². The Labute approximate surface area is 36.7 Å². The molecule has 0 aromatic carbocycles. The molecule has 0 saturated heterocycles. The van der Waals surface area contributed by atoms with Gasteiger partial charge in [0.05, 0.1) is 16.1 Å². The molecular formula is BrClFN. The van der Waals surface area contributed by atoms with Crippen LogP contribution >= 0.6 is 27.9 Å². The molecule has 0 unspecified atom stereocenters. The minimum atomic E-state index is -0.215. The molecule has 0 saturated carbocycles. The van der Waals surface area contributed by atoms with E-state index in [4.69, 9.17) is 0 Å². The van der Waals surface area contributed by atoms with Gasteiger partial charge in [-0.15, -0.1) is 4.48 Å². The highest BCUT2D eigenvalue weighted by Gasteiger charge is 1.74. The van der Waals surface area contributed by atoms with E-state index < -0.39 is 0 Å². The lowest BCUT2D eigenvalue weighted by Crippen LogP contribution is -1.64. The molecule has 0 heterocycles. The molecule has 0 fully saturated rings. The predicted octanol–water partition coefficient (Wildman–Crippen LogP) is 1.64. The van der Waals surface area contributed by atoms with Crippen LogP contribution < -0.4 is 0 Å². The maximum absolute atomic E-state index is 10.5. The van der Waals surface area contributed by atoms with Crippen molar-refractivity contribution < 1.29 is 4.48 Å². The Morgan fingerprint density at radius 3 is 2.00 bits per heavy atom. The van der Waals surface area contributed by atoms with Gasteiger partial charge in [0, 0.05) is 15.4 Å². The second kappa shape index (κ2) is 1.93. The van der Waals surface area contributed by atoms with Crippen LogP contribution in [0.25, 0.3) is 0 Å². The van der Waals surface area contributed by atoms with Crippen molar-refractivity contribution in [2.24, 2.45) is 0 Å². The van der Waals surface area contributed by atoms with Gasteiger partial charge in [0.2, 0.25) is 0 Å².